The second-order valence-electron chi connectivity index (χ2n) is 4.37. The van der Waals surface area contributed by atoms with Crippen molar-refractivity contribution in [2.45, 2.75) is 19.3 Å². The van der Waals surface area contributed by atoms with E-state index in [1.54, 1.807) is 0 Å². The zero-order chi connectivity index (χ0) is 10.4. The molecule has 0 bridgehead atoms. The van der Waals surface area contributed by atoms with Crippen molar-refractivity contribution in [1.29, 1.82) is 0 Å². The third-order valence-electron chi connectivity index (χ3n) is 3.60. The van der Waals surface area contributed by atoms with E-state index in [0.717, 1.165) is 6.42 Å². The highest BCUT2D eigenvalue weighted by Gasteiger charge is 2.59. The van der Waals surface area contributed by atoms with E-state index >= 15 is 0 Å². The van der Waals surface area contributed by atoms with E-state index in [-0.39, 0.29) is 11.9 Å². The third kappa shape index (κ3) is 1.21. The Morgan fingerprint density at radius 2 is 2.27 bits per heavy atom. The second-order valence-corrected chi connectivity index (χ2v) is 4.37. The molecule has 0 aromatic heterocycles. The van der Waals surface area contributed by atoms with Gasteiger partial charge in [-0.1, -0.05) is 24.3 Å². The normalized spacial score (nSPS) is 30.6. The molecule has 78 valence electrons. The lowest BCUT2D eigenvalue weighted by molar-refractivity contribution is -0.145. The molecule has 1 aromatic rings. The number of carbonyl (C=O) groups is 1. The highest BCUT2D eigenvalue weighted by molar-refractivity contribution is 5.79. The minimum absolute atomic E-state index is 0.00185. The molecule has 0 radical (unpaired) electrons. The van der Waals surface area contributed by atoms with Crippen molar-refractivity contribution in [1.82, 2.24) is 0 Å². The molecular weight excluding hydrogens is 188 g/mol. The van der Waals surface area contributed by atoms with Gasteiger partial charge in [-0.15, -0.1) is 0 Å². The van der Waals surface area contributed by atoms with Crippen LogP contribution in [-0.2, 0) is 16.0 Å². The van der Waals surface area contributed by atoms with Crippen LogP contribution in [0.3, 0.4) is 0 Å². The Labute approximate surface area is 89.2 Å². The van der Waals surface area contributed by atoms with E-state index in [1.165, 1.54) is 11.1 Å². The van der Waals surface area contributed by atoms with Gasteiger partial charge in [-0.2, -0.15) is 0 Å². The van der Waals surface area contributed by atoms with Crippen molar-refractivity contribution in [3.63, 3.8) is 0 Å². The van der Waals surface area contributed by atoms with Crippen LogP contribution in [0.1, 0.15) is 24.0 Å². The van der Waals surface area contributed by atoms with E-state index in [0.29, 0.717) is 18.4 Å². The highest BCUT2D eigenvalue weighted by atomic mass is 16.5. The van der Waals surface area contributed by atoms with Crippen LogP contribution in [0.5, 0.6) is 0 Å². The Kier molecular flexibility index (Phi) is 1.84. The minimum Gasteiger partial charge on any atom is -0.466 e. The number of hydrogen-bond acceptors (Lipinski definition) is 2. The molecular formula is C13H14O2. The fourth-order valence-electron chi connectivity index (χ4n) is 2.91. The fourth-order valence-corrected chi connectivity index (χ4v) is 2.91. The first kappa shape index (κ1) is 8.96. The molecule has 3 atom stereocenters. The molecule has 1 fully saturated rings. The molecule has 0 amide bonds. The van der Waals surface area contributed by atoms with Gasteiger partial charge >= 0.3 is 5.97 Å². The molecule has 0 saturated heterocycles. The van der Waals surface area contributed by atoms with Crippen LogP contribution in [0.4, 0.5) is 0 Å². The summed E-state index contributed by atoms with van der Waals surface area (Å²) in [5.74, 6) is 1.14. The topological polar surface area (TPSA) is 26.3 Å². The summed E-state index contributed by atoms with van der Waals surface area (Å²) in [6.45, 7) is 2.36. The summed E-state index contributed by atoms with van der Waals surface area (Å²) in [5, 5.41) is 0. The standard InChI is InChI=1S/C13H14O2/c1-2-15-13(14)12-10-7-8-5-3-4-6-9(8)11(10)12/h3-6,10-12H,2,7H2,1H3/t10-,11+,12+/m1/s1. The number of esters is 1. The van der Waals surface area contributed by atoms with E-state index < -0.39 is 0 Å². The zero-order valence-corrected chi connectivity index (χ0v) is 8.77. The first-order valence-electron chi connectivity index (χ1n) is 5.57. The molecule has 0 unspecified atom stereocenters. The molecule has 0 heterocycles. The van der Waals surface area contributed by atoms with Crippen molar-refractivity contribution in [3.05, 3.63) is 35.4 Å². The molecule has 2 heteroatoms. The van der Waals surface area contributed by atoms with Crippen LogP contribution in [0.25, 0.3) is 0 Å². The number of ether oxygens (including phenoxy) is 1. The van der Waals surface area contributed by atoms with Gasteiger partial charge in [-0.3, -0.25) is 4.79 Å². The third-order valence-corrected chi connectivity index (χ3v) is 3.60. The van der Waals surface area contributed by atoms with Crippen molar-refractivity contribution in [3.8, 4) is 0 Å². The van der Waals surface area contributed by atoms with Crippen molar-refractivity contribution < 1.29 is 9.53 Å². The lowest BCUT2D eigenvalue weighted by Gasteiger charge is -2.06. The van der Waals surface area contributed by atoms with Gasteiger partial charge in [0, 0.05) is 5.92 Å². The predicted octanol–water partition coefficient (Wildman–Crippen LogP) is 2.14. The van der Waals surface area contributed by atoms with Crippen LogP contribution in [-0.4, -0.2) is 12.6 Å². The van der Waals surface area contributed by atoms with Gasteiger partial charge in [0.05, 0.1) is 12.5 Å². The first-order valence-corrected chi connectivity index (χ1v) is 5.57. The molecule has 2 aliphatic rings. The molecule has 0 spiro atoms. The average Bonchev–Trinajstić information content (AvgIpc) is 2.83. The minimum atomic E-state index is 0.00185. The summed E-state index contributed by atoms with van der Waals surface area (Å²) in [6, 6.07) is 8.45. The average molecular weight is 202 g/mol. The number of fused-ring (bicyclic) bond motifs is 3. The van der Waals surface area contributed by atoms with Crippen LogP contribution in [0, 0.1) is 11.8 Å². The smallest absolute Gasteiger partial charge is 0.309 e. The SMILES string of the molecule is CCOC(=O)[C@H]1[C@@H]2Cc3ccccc3[C@@H]21. The van der Waals surface area contributed by atoms with E-state index in [2.05, 4.69) is 24.3 Å². The van der Waals surface area contributed by atoms with Gasteiger partial charge in [-0.05, 0) is 30.4 Å². The number of carbonyl (C=O) groups excluding carboxylic acids is 1. The number of rotatable bonds is 2. The lowest BCUT2D eigenvalue weighted by atomic mass is 10.0. The Hall–Kier alpha value is -1.31. The molecule has 15 heavy (non-hydrogen) atoms. The summed E-state index contributed by atoms with van der Waals surface area (Å²) in [4.78, 5) is 11.6. The van der Waals surface area contributed by atoms with Crippen molar-refractivity contribution >= 4 is 5.97 Å². The van der Waals surface area contributed by atoms with Crippen molar-refractivity contribution in [2.75, 3.05) is 6.61 Å². The Balaban J connectivity index is 1.81. The number of benzene rings is 1. The summed E-state index contributed by atoms with van der Waals surface area (Å²) in [5.41, 5.74) is 2.80. The molecule has 2 aliphatic carbocycles. The largest absolute Gasteiger partial charge is 0.466 e. The Morgan fingerprint density at radius 3 is 3.07 bits per heavy atom. The van der Waals surface area contributed by atoms with Gasteiger partial charge in [0.1, 0.15) is 0 Å². The maximum atomic E-state index is 11.6. The summed E-state index contributed by atoms with van der Waals surface area (Å²) < 4.78 is 5.08. The van der Waals surface area contributed by atoms with Gasteiger partial charge in [0.15, 0.2) is 0 Å². The molecule has 0 N–H and O–H groups in total. The van der Waals surface area contributed by atoms with Crippen LogP contribution in [0.2, 0.25) is 0 Å². The Bertz CT molecular complexity index is 411. The van der Waals surface area contributed by atoms with E-state index in [1.807, 2.05) is 6.92 Å². The summed E-state index contributed by atoms with van der Waals surface area (Å²) in [7, 11) is 0. The molecule has 1 aromatic carbocycles. The van der Waals surface area contributed by atoms with Crippen LogP contribution >= 0.6 is 0 Å². The maximum Gasteiger partial charge on any atom is 0.309 e. The molecule has 0 aliphatic heterocycles. The van der Waals surface area contributed by atoms with Crippen molar-refractivity contribution in [2.24, 2.45) is 11.8 Å². The van der Waals surface area contributed by atoms with Gasteiger partial charge < -0.3 is 4.74 Å². The van der Waals surface area contributed by atoms with Crippen LogP contribution in [0.15, 0.2) is 24.3 Å². The Morgan fingerprint density at radius 1 is 1.47 bits per heavy atom. The monoisotopic (exact) mass is 202 g/mol. The maximum absolute atomic E-state index is 11.6. The highest BCUT2D eigenvalue weighted by Crippen LogP contribution is 2.61. The molecule has 2 nitrogen and oxygen atoms in total. The first-order chi connectivity index (χ1) is 7.33. The predicted molar refractivity (Wildman–Crippen MR) is 56.5 cm³/mol. The van der Waals surface area contributed by atoms with Gasteiger partial charge in [-0.25, -0.2) is 0 Å². The number of hydrogen-bond donors (Lipinski definition) is 0. The second kappa shape index (κ2) is 3.09. The zero-order valence-electron chi connectivity index (χ0n) is 8.77. The summed E-state index contributed by atoms with van der Waals surface area (Å²) in [6.07, 6.45) is 1.06. The summed E-state index contributed by atoms with van der Waals surface area (Å²) >= 11 is 0. The van der Waals surface area contributed by atoms with Gasteiger partial charge in [0.25, 0.3) is 0 Å². The van der Waals surface area contributed by atoms with Crippen LogP contribution < -0.4 is 0 Å². The fraction of sp³-hybridized carbons (Fsp3) is 0.462. The lowest BCUT2D eigenvalue weighted by Crippen LogP contribution is -2.10. The quantitative estimate of drug-likeness (QED) is 0.687. The van der Waals surface area contributed by atoms with E-state index in [9.17, 15) is 4.79 Å². The molecule has 3 rings (SSSR count). The van der Waals surface area contributed by atoms with Gasteiger partial charge in [0.2, 0.25) is 0 Å². The molecule has 1 saturated carbocycles. The van der Waals surface area contributed by atoms with E-state index in [4.69, 9.17) is 4.74 Å².